The maximum absolute atomic E-state index is 12.2. The molecule has 1 aromatic heterocycles. The number of nitrogens with zero attached hydrogens (tertiary/aromatic N) is 1. The summed E-state index contributed by atoms with van der Waals surface area (Å²) in [5.74, 6) is -3.33. The van der Waals surface area contributed by atoms with Crippen LogP contribution in [-0.2, 0) is 9.59 Å². The Bertz CT molecular complexity index is 1170. The molecular weight excluding hydrogens is 457 g/mol. The van der Waals surface area contributed by atoms with Gasteiger partial charge in [-0.3, -0.25) is 9.78 Å². The van der Waals surface area contributed by atoms with Crippen LogP contribution in [0, 0.1) is 0 Å². The molecule has 0 aliphatic heterocycles. The first-order valence-electron chi connectivity index (χ1n) is 9.35. The van der Waals surface area contributed by atoms with E-state index in [1.54, 1.807) is 48.8 Å². The minimum absolute atomic E-state index is 0.0268. The number of nitrogens with one attached hydrogen (secondary N) is 1. The third-order valence-electron chi connectivity index (χ3n) is 3.83. The number of carbonyl (C=O) groups excluding carboxylic acids is 1. The number of benzene rings is 2. The maximum Gasteiger partial charge on any atom is 0.490 e. The van der Waals surface area contributed by atoms with Crippen LogP contribution in [-0.4, -0.2) is 39.2 Å². The number of pyridine rings is 1. The highest BCUT2D eigenvalue weighted by Crippen LogP contribution is 2.27. The Hall–Kier alpha value is -4.67. The number of ether oxygens (including phenoxy) is 1. The average molecular weight is 474 g/mol. The molecular formula is C23H17F3N2O6. The summed E-state index contributed by atoms with van der Waals surface area (Å²) in [5.41, 5.74) is 0.932. The lowest BCUT2D eigenvalue weighted by molar-refractivity contribution is -0.192. The minimum atomic E-state index is -5.08. The number of aromatic nitrogens is 1. The first kappa shape index (κ1) is 25.6. The molecule has 0 radical (unpaired) electrons. The lowest BCUT2D eigenvalue weighted by Crippen LogP contribution is -2.21. The number of carboxylic acid groups (broad SMARTS) is 2. The Balaban J connectivity index is 0.000000509. The van der Waals surface area contributed by atoms with Crippen molar-refractivity contribution in [1.82, 2.24) is 4.98 Å². The summed E-state index contributed by atoms with van der Waals surface area (Å²) in [5, 5.41) is 19.1. The van der Waals surface area contributed by atoms with Crippen LogP contribution >= 0.6 is 0 Å². The Morgan fingerprint density at radius 3 is 2.09 bits per heavy atom. The van der Waals surface area contributed by atoms with Gasteiger partial charge in [0.2, 0.25) is 5.91 Å². The zero-order valence-electron chi connectivity index (χ0n) is 17.2. The zero-order chi connectivity index (χ0) is 25.1. The van der Waals surface area contributed by atoms with Gasteiger partial charge in [-0.2, -0.15) is 13.2 Å². The van der Waals surface area contributed by atoms with E-state index in [0.717, 1.165) is 5.56 Å². The van der Waals surface area contributed by atoms with E-state index in [4.69, 9.17) is 14.6 Å². The van der Waals surface area contributed by atoms with Crippen LogP contribution in [0.2, 0.25) is 0 Å². The normalized spacial score (nSPS) is 10.7. The van der Waals surface area contributed by atoms with Crippen molar-refractivity contribution in [3.8, 4) is 11.5 Å². The third kappa shape index (κ3) is 8.46. The van der Waals surface area contributed by atoms with Crippen LogP contribution in [0.5, 0.6) is 11.5 Å². The fraction of sp³-hybridized carbons (Fsp3) is 0.0435. The van der Waals surface area contributed by atoms with Gasteiger partial charge in [-0.15, -0.1) is 0 Å². The highest BCUT2D eigenvalue weighted by molar-refractivity contribution is 6.06. The van der Waals surface area contributed by atoms with Crippen LogP contribution in [0.3, 0.4) is 0 Å². The molecule has 0 saturated carbocycles. The molecule has 0 fully saturated rings. The number of hydrogen-bond donors (Lipinski definition) is 3. The van der Waals surface area contributed by atoms with E-state index >= 15 is 0 Å². The highest BCUT2D eigenvalue weighted by Gasteiger charge is 2.38. The molecule has 1 heterocycles. The molecule has 34 heavy (non-hydrogen) atoms. The standard InChI is InChI=1S/C21H16N2O4.C2HF3O2/c24-20(9-6-15-10-12-22-13-11-15)23-19-14-17(7-8-18(19)21(25)26)27-16-4-2-1-3-5-16;3-2(4,5)1(6)7/h1-14H,(H,23,24)(H,25,26);(H,6,7)/b9-6+;. The van der Waals surface area contributed by atoms with E-state index in [9.17, 15) is 27.9 Å². The smallest absolute Gasteiger partial charge is 0.478 e. The molecule has 11 heteroatoms. The van der Waals surface area contributed by atoms with Crippen molar-refractivity contribution in [2.24, 2.45) is 0 Å². The second-order valence-corrected chi connectivity index (χ2v) is 6.33. The van der Waals surface area contributed by atoms with Gasteiger partial charge in [0.05, 0.1) is 11.3 Å². The van der Waals surface area contributed by atoms with Crippen molar-refractivity contribution < 1.29 is 42.5 Å². The average Bonchev–Trinajstić information content (AvgIpc) is 2.79. The fourth-order valence-electron chi connectivity index (χ4n) is 2.32. The first-order chi connectivity index (χ1) is 16.1. The molecule has 0 aliphatic carbocycles. The number of hydrogen-bond acceptors (Lipinski definition) is 5. The number of para-hydroxylation sites is 1. The highest BCUT2D eigenvalue weighted by atomic mass is 19.4. The maximum atomic E-state index is 12.2. The van der Waals surface area contributed by atoms with Crippen molar-refractivity contribution in [3.63, 3.8) is 0 Å². The molecule has 0 bridgehead atoms. The SMILES string of the molecule is O=C(/C=C/c1ccncc1)Nc1cc(Oc2ccccc2)ccc1C(=O)O.O=C(O)C(F)(F)F. The third-order valence-corrected chi connectivity index (χ3v) is 3.83. The number of rotatable bonds is 6. The van der Waals surface area contributed by atoms with Crippen molar-refractivity contribution in [2.45, 2.75) is 6.18 Å². The lowest BCUT2D eigenvalue weighted by atomic mass is 10.1. The van der Waals surface area contributed by atoms with Crippen LogP contribution in [0.1, 0.15) is 15.9 Å². The number of aliphatic carboxylic acids is 1. The number of alkyl halides is 3. The summed E-state index contributed by atoms with van der Waals surface area (Å²) in [7, 11) is 0. The molecule has 0 saturated heterocycles. The van der Waals surface area contributed by atoms with Gasteiger partial charge < -0.3 is 20.3 Å². The van der Waals surface area contributed by atoms with Gasteiger partial charge >= 0.3 is 18.1 Å². The molecule has 0 aliphatic rings. The minimum Gasteiger partial charge on any atom is -0.478 e. The Morgan fingerprint density at radius 1 is 0.912 bits per heavy atom. The van der Waals surface area contributed by atoms with Crippen LogP contribution in [0.4, 0.5) is 18.9 Å². The second-order valence-electron chi connectivity index (χ2n) is 6.33. The Kier molecular flexibility index (Phi) is 8.89. The largest absolute Gasteiger partial charge is 0.490 e. The Morgan fingerprint density at radius 2 is 1.53 bits per heavy atom. The van der Waals surface area contributed by atoms with Crippen molar-refractivity contribution >= 4 is 29.6 Å². The van der Waals surface area contributed by atoms with Gasteiger partial charge in [0.15, 0.2) is 0 Å². The van der Waals surface area contributed by atoms with E-state index in [1.807, 2.05) is 18.2 Å². The summed E-state index contributed by atoms with van der Waals surface area (Å²) >= 11 is 0. The number of carboxylic acids is 2. The van der Waals surface area contributed by atoms with Gasteiger partial charge in [0.1, 0.15) is 11.5 Å². The van der Waals surface area contributed by atoms with Crippen LogP contribution in [0.25, 0.3) is 6.08 Å². The van der Waals surface area contributed by atoms with Crippen molar-refractivity contribution in [3.05, 3.63) is 90.3 Å². The lowest BCUT2D eigenvalue weighted by Gasteiger charge is -2.11. The van der Waals surface area contributed by atoms with Gasteiger partial charge in [0.25, 0.3) is 0 Å². The van der Waals surface area contributed by atoms with E-state index in [2.05, 4.69) is 10.3 Å². The van der Waals surface area contributed by atoms with E-state index in [0.29, 0.717) is 11.5 Å². The van der Waals surface area contributed by atoms with Gasteiger partial charge in [-0.1, -0.05) is 18.2 Å². The summed E-state index contributed by atoms with van der Waals surface area (Å²) in [6, 6.07) is 17.0. The fourth-order valence-corrected chi connectivity index (χ4v) is 2.32. The molecule has 8 nitrogen and oxygen atoms in total. The molecule has 3 aromatic rings. The summed E-state index contributed by atoms with van der Waals surface area (Å²) in [6.07, 6.45) is 1.09. The summed E-state index contributed by atoms with van der Waals surface area (Å²) in [4.78, 5) is 36.4. The van der Waals surface area contributed by atoms with Crippen molar-refractivity contribution in [2.75, 3.05) is 5.32 Å². The molecule has 0 atom stereocenters. The number of aromatic carboxylic acids is 1. The van der Waals surface area contributed by atoms with Gasteiger partial charge in [0, 0.05) is 24.5 Å². The molecule has 2 aromatic carbocycles. The van der Waals surface area contributed by atoms with Gasteiger partial charge in [-0.05, 0) is 48.0 Å². The van der Waals surface area contributed by atoms with E-state index < -0.39 is 24.0 Å². The summed E-state index contributed by atoms with van der Waals surface area (Å²) in [6.45, 7) is 0. The molecule has 0 unspecified atom stereocenters. The predicted octanol–water partition coefficient (Wildman–Crippen LogP) is 4.86. The molecule has 3 rings (SSSR count). The number of halogens is 3. The Labute approximate surface area is 191 Å². The molecule has 1 amide bonds. The summed E-state index contributed by atoms with van der Waals surface area (Å²) < 4.78 is 37.4. The molecule has 176 valence electrons. The van der Waals surface area contributed by atoms with E-state index in [-0.39, 0.29) is 11.3 Å². The van der Waals surface area contributed by atoms with E-state index in [1.165, 1.54) is 18.2 Å². The van der Waals surface area contributed by atoms with Crippen LogP contribution in [0.15, 0.2) is 79.1 Å². The zero-order valence-corrected chi connectivity index (χ0v) is 17.2. The number of amides is 1. The van der Waals surface area contributed by atoms with Gasteiger partial charge in [-0.25, -0.2) is 9.59 Å². The number of carbonyl (C=O) groups is 3. The molecule has 0 spiro atoms. The number of anilines is 1. The quantitative estimate of drug-likeness (QED) is 0.436. The van der Waals surface area contributed by atoms with Crippen LogP contribution < -0.4 is 10.1 Å². The monoisotopic (exact) mass is 474 g/mol. The van der Waals surface area contributed by atoms with Crippen molar-refractivity contribution in [1.29, 1.82) is 0 Å². The topological polar surface area (TPSA) is 126 Å². The molecule has 3 N–H and O–H groups in total. The predicted molar refractivity (Wildman–Crippen MR) is 116 cm³/mol. The first-order valence-corrected chi connectivity index (χ1v) is 9.35. The second kappa shape index (κ2) is 11.8.